The molecule has 7 heteroatoms. The van der Waals surface area contributed by atoms with Crippen LogP contribution in [-0.2, 0) is 6.54 Å². The molecule has 1 aliphatic heterocycles. The summed E-state index contributed by atoms with van der Waals surface area (Å²) in [6, 6.07) is 0.724. The SMILES string of the molecule is COc1cncc(CN2C[C@@H](N(C)C)[C@@H](n3ccnn3)C2)c1C. The Morgan fingerprint density at radius 3 is 2.78 bits per heavy atom. The second-order valence-corrected chi connectivity index (χ2v) is 6.30. The van der Waals surface area contributed by atoms with Gasteiger partial charge in [-0.05, 0) is 32.1 Å². The molecule has 2 aromatic heterocycles. The van der Waals surface area contributed by atoms with Crippen molar-refractivity contribution in [3.63, 3.8) is 0 Å². The minimum absolute atomic E-state index is 0.311. The first-order valence-corrected chi connectivity index (χ1v) is 7.82. The topological polar surface area (TPSA) is 59.3 Å². The number of pyridine rings is 1. The molecule has 3 rings (SSSR count). The smallest absolute Gasteiger partial charge is 0.140 e. The quantitative estimate of drug-likeness (QED) is 0.819. The van der Waals surface area contributed by atoms with Crippen molar-refractivity contribution in [1.82, 2.24) is 29.8 Å². The van der Waals surface area contributed by atoms with E-state index in [1.807, 2.05) is 17.1 Å². The number of likely N-dealkylation sites (N-methyl/N-ethyl adjacent to an activating group) is 1. The number of aromatic nitrogens is 4. The highest BCUT2D eigenvalue weighted by molar-refractivity contribution is 5.35. The third-order valence-electron chi connectivity index (χ3n) is 4.67. The molecule has 7 nitrogen and oxygen atoms in total. The molecule has 0 saturated carbocycles. The van der Waals surface area contributed by atoms with Crippen molar-refractivity contribution in [2.24, 2.45) is 0 Å². The molecule has 1 saturated heterocycles. The predicted molar refractivity (Wildman–Crippen MR) is 87.3 cm³/mol. The van der Waals surface area contributed by atoms with Crippen LogP contribution in [0.4, 0.5) is 0 Å². The first kappa shape index (κ1) is 15.9. The van der Waals surface area contributed by atoms with Crippen LogP contribution in [0.1, 0.15) is 17.2 Å². The first-order valence-electron chi connectivity index (χ1n) is 7.82. The van der Waals surface area contributed by atoms with Crippen LogP contribution in [0.2, 0.25) is 0 Å². The highest BCUT2D eigenvalue weighted by atomic mass is 16.5. The lowest BCUT2D eigenvalue weighted by Crippen LogP contribution is -2.36. The van der Waals surface area contributed by atoms with Crippen LogP contribution in [0.15, 0.2) is 24.8 Å². The molecule has 0 amide bonds. The van der Waals surface area contributed by atoms with Crippen molar-refractivity contribution in [3.05, 3.63) is 35.9 Å². The number of methoxy groups -OCH3 is 1. The standard InChI is InChI=1S/C16H24N6O/c1-12-13(7-17-8-16(12)23-4)9-21-10-14(20(2)3)15(11-21)22-6-5-18-19-22/h5-8,14-15H,9-11H2,1-4H3/t14-,15+/m1/s1. The molecule has 0 N–H and O–H groups in total. The highest BCUT2D eigenvalue weighted by Crippen LogP contribution is 2.27. The molecular weight excluding hydrogens is 292 g/mol. The van der Waals surface area contributed by atoms with Crippen molar-refractivity contribution < 1.29 is 4.74 Å². The number of nitrogens with zero attached hydrogens (tertiary/aromatic N) is 6. The van der Waals surface area contributed by atoms with E-state index in [0.29, 0.717) is 12.1 Å². The van der Waals surface area contributed by atoms with Gasteiger partial charge in [0.2, 0.25) is 0 Å². The van der Waals surface area contributed by atoms with E-state index < -0.39 is 0 Å². The number of hydrogen-bond donors (Lipinski definition) is 0. The lowest BCUT2D eigenvalue weighted by Gasteiger charge is -2.24. The highest BCUT2D eigenvalue weighted by Gasteiger charge is 2.36. The molecule has 3 heterocycles. The van der Waals surface area contributed by atoms with Gasteiger partial charge < -0.3 is 9.64 Å². The lowest BCUT2D eigenvalue weighted by molar-refractivity contribution is 0.237. The summed E-state index contributed by atoms with van der Waals surface area (Å²) in [5.41, 5.74) is 2.37. The molecule has 0 aromatic carbocycles. The van der Waals surface area contributed by atoms with Crippen LogP contribution in [0.5, 0.6) is 5.75 Å². The summed E-state index contributed by atoms with van der Waals surface area (Å²) >= 11 is 0. The molecule has 2 aromatic rings. The van der Waals surface area contributed by atoms with Gasteiger partial charge >= 0.3 is 0 Å². The summed E-state index contributed by atoms with van der Waals surface area (Å²) in [6.07, 6.45) is 7.39. The maximum absolute atomic E-state index is 5.38. The molecule has 23 heavy (non-hydrogen) atoms. The van der Waals surface area contributed by atoms with E-state index in [1.54, 1.807) is 19.5 Å². The summed E-state index contributed by atoms with van der Waals surface area (Å²) in [6.45, 7) is 4.90. The van der Waals surface area contributed by atoms with Gasteiger partial charge in [-0.3, -0.25) is 9.88 Å². The molecule has 0 aliphatic carbocycles. The number of hydrogen-bond acceptors (Lipinski definition) is 6. The molecule has 1 fully saturated rings. The molecule has 0 unspecified atom stereocenters. The van der Waals surface area contributed by atoms with Gasteiger partial charge in [0.15, 0.2) is 0 Å². The monoisotopic (exact) mass is 316 g/mol. The van der Waals surface area contributed by atoms with Gasteiger partial charge in [-0.1, -0.05) is 5.21 Å². The van der Waals surface area contributed by atoms with Crippen LogP contribution in [-0.4, -0.2) is 70.1 Å². The van der Waals surface area contributed by atoms with Gasteiger partial charge in [0, 0.05) is 38.1 Å². The molecule has 0 radical (unpaired) electrons. The summed E-state index contributed by atoms with van der Waals surface area (Å²) in [5, 5.41) is 8.15. The second-order valence-electron chi connectivity index (χ2n) is 6.30. The Morgan fingerprint density at radius 2 is 2.13 bits per heavy atom. The normalized spacial score (nSPS) is 22.0. The van der Waals surface area contributed by atoms with E-state index >= 15 is 0 Å². The van der Waals surface area contributed by atoms with E-state index in [1.165, 1.54) is 5.56 Å². The number of ether oxygens (including phenoxy) is 1. The van der Waals surface area contributed by atoms with E-state index in [2.05, 4.69) is 46.1 Å². The zero-order valence-electron chi connectivity index (χ0n) is 14.2. The summed E-state index contributed by atoms with van der Waals surface area (Å²) < 4.78 is 7.35. The van der Waals surface area contributed by atoms with E-state index in [-0.39, 0.29) is 0 Å². The first-order chi connectivity index (χ1) is 11.1. The fourth-order valence-electron chi connectivity index (χ4n) is 3.29. The Labute approximate surface area is 136 Å². The fourth-order valence-corrected chi connectivity index (χ4v) is 3.29. The van der Waals surface area contributed by atoms with Gasteiger partial charge in [-0.15, -0.1) is 5.10 Å². The largest absolute Gasteiger partial charge is 0.495 e. The van der Waals surface area contributed by atoms with Gasteiger partial charge in [-0.25, -0.2) is 4.68 Å². The Bertz CT molecular complexity index is 642. The lowest BCUT2D eigenvalue weighted by atomic mass is 10.1. The van der Waals surface area contributed by atoms with E-state index in [9.17, 15) is 0 Å². The second kappa shape index (κ2) is 6.64. The summed E-state index contributed by atoms with van der Waals surface area (Å²) in [7, 11) is 5.93. The molecule has 1 aliphatic rings. The summed E-state index contributed by atoms with van der Waals surface area (Å²) in [5.74, 6) is 0.846. The predicted octanol–water partition coefficient (Wildman–Crippen LogP) is 0.977. The summed E-state index contributed by atoms with van der Waals surface area (Å²) in [4.78, 5) is 9.00. The van der Waals surface area contributed by atoms with Crippen molar-refractivity contribution >= 4 is 0 Å². The Kier molecular flexibility index (Phi) is 4.58. The average Bonchev–Trinajstić information content (AvgIpc) is 3.18. The van der Waals surface area contributed by atoms with Crippen LogP contribution in [0.25, 0.3) is 0 Å². The number of rotatable bonds is 5. The van der Waals surface area contributed by atoms with Gasteiger partial charge in [0.1, 0.15) is 5.75 Å². The molecule has 2 atom stereocenters. The Morgan fingerprint density at radius 1 is 1.30 bits per heavy atom. The fraction of sp³-hybridized carbons (Fsp3) is 0.562. The third-order valence-corrected chi connectivity index (χ3v) is 4.67. The molecule has 0 bridgehead atoms. The van der Waals surface area contributed by atoms with Crippen molar-refractivity contribution in [3.8, 4) is 5.75 Å². The Hall–Kier alpha value is -1.99. The zero-order chi connectivity index (χ0) is 16.4. The van der Waals surface area contributed by atoms with E-state index in [0.717, 1.165) is 30.9 Å². The average molecular weight is 316 g/mol. The van der Waals surface area contributed by atoms with Crippen molar-refractivity contribution in [1.29, 1.82) is 0 Å². The minimum atomic E-state index is 0.311. The third kappa shape index (κ3) is 3.20. The van der Waals surface area contributed by atoms with Gasteiger partial charge in [0.05, 0.1) is 25.5 Å². The van der Waals surface area contributed by atoms with Crippen molar-refractivity contribution in [2.45, 2.75) is 25.6 Å². The molecular formula is C16H24N6O. The maximum Gasteiger partial charge on any atom is 0.140 e. The van der Waals surface area contributed by atoms with E-state index in [4.69, 9.17) is 4.74 Å². The number of likely N-dealkylation sites (tertiary alicyclic amines) is 1. The van der Waals surface area contributed by atoms with Crippen LogP contribution in [0.3, 0.4) is 0 Å². The van der Waals surface area contributed by atoms with Crippen LogP contribution in [0, 0.1) is 6.92 Å². The minimum Gasteiger partial charge on any atom is -0.495 e. The Balaban J connectivity index is 1.77. The van der Waals surface area contributed by atoms with Gasteiger partial charge in [-0.2, -0.15) is 0 Å². The van der Waals surface area contributed by atoms with Crippen molar-refractivity contribution in [2.75, 3.05) is 34.3 Å². The van der Waals surface area contributed by atoms with Crippen LogP contribution < -0.4 is 4.74 Å². The van der Waals surface area contributed by atoms with Gasteiger partial charge in [0.25, 0.3) is 0 Å². The van der Waals surface area contributed by atoms with Crippen LogP contribution >= 0.6 is 0 Å². The molecule has 0 spiro atoms. The maximum atomic E-state index is 5.38. The molecule has 124 valence electrons. The zero-order valence-corrected chi connectivity index (χ0v) is 14.2.